The molecule has 0 radical (unpaired) electrons. The Balaban J connectivity index is 1.90. The molecule has 0 fully saturated rings. The maximum absolute atomic E-state index is 12.4. The molecule has 3 aromatic rings. The van der Waals surface area contributed by atoms with E-state index >= 15 is 0 Å². The summed E-state index contributed by atoms with van der Waals surface area (Å²) < 4.78 is 4.72. The second-order valence-electron chi connectivity index (χ2n) is 4.91. The van der Waals surface area contributed by atoms with Gasteiger partial charge >= 0.3 is 5.97 Å². The minimum atomic E-state index is -0.502. The Bertz CT molecular complexity index is 890. The van der Waals surface area contributed by atoms with Gasteiger partial charge in [0, 0.05) is 11.6 Å². The standard InChI is InChI=1S/C18H14N2O3/c1-23-18(22)14-7-3-5-9-16(14)20-17(21)13-10-12-6-2-4-8-15(12)19-11-13/h2-11H,1H3,(H,20,21). The lowest BCUT2D eigenvalue weighted by Crippen LogP contribution is -2.15. The topological polar surface area (TPSA) is 68.3 Å². The lowest BCUT2D eigenvalue weighted by molar-refractivity contribution is 0.0602. The normalized spacial score (nSPS) is 10.3. The average molecular weight is 306 g/mol. The number of methoxy groups -OCH3 is 1. The first-order valence-electron chi connectivity index (χ1n) is 7.02. The van der Waals surface area contributed by atoms with Crippen LogP contribution in [-0.2, 0) is 4.74 Å². The van der Waals surface area contributed by atoms with Gasteiger partial charge in [-0.2, -0.15) is 0 Å². The first kappa shape index (κ1) is 14.7. The van der Waals surface area contributed by atoms with Crippen LogP contribution in [-0.4, -0.2) is 24.0 Å². The third-order valence-corrected chi connectivity index (χ3v) is 3.43. The van der Waals surface area contributed by atoms with E-state index in [-0.39, 0.29) is 5.91 Å². The molecular weight excluding hydrogens is 292 g/mol. The summed E-state index contributed by atoms with van der Waals surface area (Å²) in [6.07, 6.45) is 1.51. The molecule has 0 bridgehead atoms. The second-order valence-corrected chi connectivity index (χ2v) is 4.91. The van der Waals surface area contributed by atoms with Gasteiger partial charge in [0.15, 0.2) is 0 Å². The number of fused-ring (bicyclic) bond motifs is 1. The van der Waals surface area contributed by atoms with Crippen LogP contribution in [0, 0.1) is 0 Å². The number of carbonyl (C=O) groups excluding carboxylic acids is 2. The first-order valence-corrected chi connectivity index (χ1v) is 7.02. The van der Waals surface area contributed by atoms with E-state index in [1.807, 2.05) is 24.3 Å². The molecule has 0 aliphatic heterocycles. The fourth-order valence-electron chi connectivity index (χ4n) is 2.27. The summed E-state index contributed by atoms with van der Waals surface area (Å²) >= 11 is 0. The van der Waals surface area contributed by atoms with Crippen molar-refractivity contribution in [3.8, 4) is 0 Å². The van der Waals surface area contributed by atoms with Crippen LogP contribution in [0.2, 0.25) is 0 Å². The van der Waals surface area contributed by atoms with E-state index in [0.29, 0.717) is 16.8 Å². The number of nitrogens with zero attached hydrogens (tertiary/aromatic N) is 1. The van der Waals surface area contributed by atoms with Crippen molar-refractivity contribution in [1.82, 2.24) is 4.98 Å². The highest BCUT2D eigenvalue weighted by Gasteiger charge is 2.14. The molecule has 5 heteroatoms. The third kappa shape index (κ3) is 3.03. The Kier molecular flexibility index (Phi) is 4.01. The molecule has 1 heterocycles. The summed E-state index contributed by atoms with van der Waals surface area (Å²) in [6, 6.07) is 16.0. The van der Waals surface area contributed by atoms with E-state index < -0.39 is 5.97 Å². The summed E-state index contributed by atoms with van der Waals surface area (Å²) in [4.78, 5) is 28.4. The first-order chi connectivity index (χ1) is 11.2. The summed E-state index contributed by atoms with van der Waals surface area (Å²) in [5.41, 5.74) is 1.94. The molecule has 0 spiro atoms. The number of esters is 1. The molecule has 0 aliphatic carbocycles. The fraction of sp³-hybridized carbons (Fsp3) is 0.0556. The van der Waals surface area contributed by atoms with Gasteiger partial charge in [0.1, 0.15) is 0 Å². The predicted octanol–water partition coefficient (Wildman–Crippen LogP) is 3.27. The largest absolute Gasteiger partial charge is 0.465 e. The van der Waals surface area contributed by atoms with E-state index in [0.717, 1.165) is 10.9 Å². The predicted molar refractivity (Wildman–Crippen MR) is 87.5 cm³/mol. The molecule has 114 valence electrons. The summed E-state index contributed by atoms with van der Waals surface area (Å²) in [7, 11) is 1.30. The number of pyridine rings is 1. The van der Waals surface area contributed by atoms with Gasteiger partial charge < -0.3 is 10.1 Å². The van der Waals surface area contributed by atoms with Crippen molar-refractivity contribution in [3.63, 3.8) is 0 Å². The van der Waals surface area contributed by atoms with Crippen molar-refractivity contribution >= 4 is 28.5 Å². The summed E-state index contributed by atoms with van der Waals surface area (Å²) in [6.45, 7) is 0. The van der Waals surface area contributed by atoms with Gasteiger partial charge in [-0.05, 0) is 24.3 Å². The van der Waals surface area contributed by atoms with Gasteiger partial charge in [0.2, 0.25) is 0 Å². The second kappa shape index (κ2) is 6.27. The zero-order chi connectivity index (χ0) is 16.2. The Morgan fingerprint density at radius 3 is 2.61 bits per heavy atom. The molecule has 1 N–H and O–H groups in total. The molecule has 5 nitrogen and oxygen atoms in total. The van der Waals surface area contributed by atoms with Crippen LogP contribution >= 0.6 is 0 Å². The summed E-state index contributed by atoms with van der Waals surface area (Å²) in [5, 5.41) is 3.60. The van der Waals surface area contributed by atoms with Crippen LogP contribution in [0.5, 0.6) is 0 Å². The maximum Gasteiger partial charge on any atom is 0.339 e. The van der Waals surface area contributed by atoms with Crippen LogP contribution in [0.4, 0.5) is 5.69 Å². The van der Waals surface area contributed by atoms with Crippen molar-refractivity contribution in [2.45, 2.75) is 0 Å². The van der Waals surface area contributed by atoms with E-state index in [4.69, 9.17) is 4.74 Å². The Morgan fingerprint density at radius 1 is 1.04 bits per heavy atom. The molecule has 0 saturated heterocycles. The number of nitrogens with one attached hydrogen (secondary N) is 1. The average Bonchev–Trinajstić information content (AvgIpc) is 2.61. The molecule has 0 saturated carbocycles. The molecule has 1 aromatic heterocycles. The molecule has 1 amide bonds. The van der Waals surface area contributed by atoms with Crippen molar-refractivity contribution in [3.05, 3.63) is 71.9 Å². The van der Waals surface area contributed by atoms with Crippen LogP contribution in [0.25, 0.3) is 10.9 Å². The molecular formula is C18H14N2O3. The number of aromatic nitrogens is 1. The number of amides is 1. The highest BCUT2D eigenvalue weighted by molar-refractivity contribution is 6.08. The van der Waals surface area contributed by atoms with Crippen molar-refractivity contribution in [1.29, 1.82) is 0 Å². The van der Waals surface area contributed by atoms with Crippen LogP contribution < -0.4 is 5.32 Å². The number of anilines is 1. The Labute approximate surface area is 132 Å². The zero-order valence-electron chi connectivity index (χ0n) is 12.4. The van der Waals surface area contributed by atoms with E-state index in [1.165, 1.54) is 13.3 Å². The lowest BCUT2D eigenvalue weighted by atomic mass is 10.1. The zero-order valence-corrected chi connectivity index (χ0v) is 12.4. The maximum atomic E-state index is 12.4. The van der Waals surface area contributed by atoms with Crippen molar-refractivity contribution in [2.24, 2.45) is 0 Å². The van der Waals surface area contributed by atoms with E-state index in [1.54, 1.807) is 30.3 Å². The molecule has 0 atom stereocenters. The molecule has 0 aliphatic rings. The smallest absolute Gasteiger partial charge is 0.339 e. The van der Waals surface area contributed by atoms with Gasteiger partial charge in [0.05, 0.1) is 29.4 Å². The minimum Gasteiger partial charge on any atom is -0.465 e. The van der Waals surface area contributed by atoms with Gasteiger partial charge in [-0.25, -0.2) is 4.79 Å². The number of hydrogen-bond acceptors (Lipinski definition) is 4. The fourth-order valence-corrected chi connectivity index (χ4v) is 2.27. The van der Waals surface area contributed by atoms with E-state index in [9.17, 15) is 9.59 Å². The van der Waals surface area contributed by atoms with Crippen molar-refractivity contribution < 1.29 is 14.3 Å². The van der Waals surface area contributed by atoms with Gasteiger partial charge in [-0.1, -0.05) is 30.3 Å². The number of ether oxygens (including phenoxy) is 1. The van der Waals surface area contributed by atoms with Crippen LogP contribution in [0.1, 0.15) is 20.7 Å². The van der Waals surface area contributed by atoms with Gasteiger partial charge in [-0.3, -0.25) is 9.78 Å². The lowest BCUT2D eigenvalue weighted by Gasteiger charge is -2.09. The number of hydrogen-bond donors (Lipinski definition) is 1. The van der Waals surface area contributed by atoms with Gasteiger partial charge in [0.25, 0.3) is 5.91 Å². The van der Waals surface area contributed by atoms with Crippen molar-refractivity contribution in [2.75, 3.05) is 12.4 Å². The van der Waals surface area contributed by atoms with Gasteiger partial charge in [-0.15, -0.1) is 0 Å². The minimum absolute atomic E-state index is 0.303. The number of carbonyl (C=O) groups is 2. The molecule has 23 heavy (non-hydrogen) atoms. The Morgan fingerprint density at radius 2 is 1.78 bits per heavy atom. The molecule has 3 rings (SSSR count). The number of rotatable bonds is 3. The number of para-hydroxylation sites is 2. The third-order valence-electron chi connectivity index (χ3n) is 3.43. The summed E-state index contributed by atoms with van der Waals surface area (Å²) in [5.74, 6) is -0.836. The van der Waals surface area contributed by atoms with Crippen LogP contribution in [0.3, 0.4) is 0 Å². The molecule has 0 unspecified atom stereocenters. The highest BCUT2D eigenvalue weighted by Crippen LogP contribution is 2.18. The monoisotopic (exact) mass is 306 g/mol. The number of benzene rings is 2. The quantitative estimate of drug-likeness (QED) is 0.754. The SMILES string of the molecule is COC(=O)c1ccccc1NC(=O)c1cnc2ccccc2c1. The Hall–Kier alpha value is -3.21. The molecule has 2 aromatic carbocycles. The highest BCUT2D eigenvalue weighted by atomic mass is 16.5. The van der Waals surface area contributed by atoms with E-state index in [2.05, 4.69) is 10.3 Å². The van der Waals surface area contributed by atoms with Crippen LogP contribution in [0.15, 0.2) is 60.8 Å².